The van der Waals surface area contributed by atoms with Crippen LogP contribution in [0.15, 0.2) is 0 Å². The Morgan fingerprint density at radius 2 is 1.00 bits per heavy atom. The summed E-state index contributed by atoms with van der Waals surface area (Å²) in [6, 6.07) is 0. The summed E-state index contributed by atoms with van der Waals surface area (Å²) < 4.78 is 1.38. The maximum atomic E-state index is 10.1. The van der Waals surface area contributed by atoms with Gasteiger partial charge in [-0.15, -0.1) is 0 Å². The molecule has 0 saturated heterocycles. The van der Waals surface area contributed by atoms with Gasteiger partial charge in [0.05, 0.1) is 26.2 Å². The SMILES string of the molecule is CCC[N+](CCC)(CCC)CCC.O=C([O-])CCCCCCCCC(=O)O. The first-order chi connectivity index (χ1) is 12.9. The van der Waals surface area contributed by atoms with Crippen LogP contribution in [0.25, 0.3) is 0 Å². The highest BCUT2D eigenvalue weighted by molar-refractivity contribution is 5.66. The van der Waals surface area contributed by atoms with E-state index < -0.39 is 11.9 Å². The van der Waals surface area contributed by atoms with Gasteiger partial charge < -0.3 is 19.5 Å². The van der Waals surface area contributed by atoms with Crippen LogP contribution in [0.3, 0.4) is 0 Å². The lowest BCUT2D eigenvalue weighted by Crippen LogP contribution is -2.50. The van der Waals surface area contributed by atoms with Gasteiger partial charge >= 0.3 is 5.97 Å². The van der Waals surface area contributed by atoms with Crippen molar-refractivity contribution in [1.29, 1.82) is 0 Å². The molecule has 0 heterocycles. The van der Waals surface area contributed by atoms with Gasteiger partial charge in [0, 0.05) is 12.4 Å². The second kappa shape index (κ2) is 19.7. The molecule has 27 heavy (non-hydrogen) atoms. The molecule has 162 valence electrons. The highest BCUT2D eigenvalue weighted by Gasteiger charge is 2.22. The van der Waals surface area contributed by atoms with Crippen molar-refractivity contribution in [2.24, 2.45) is 0 Å². The molecule has 5 heteroatoms. The molecule has 5 nitrogen and oxygen atoms in total. The fraction of sp³-hybridized carbons (Fsp3) is 0.909. The lowest BCUT2D eigenvalue weighted by molar-refractivity contribution is -0.928. The van der Waals surface area contributed by atoms with Gasteiger partial charge in [0.15, 0.2) is 0 Å². The van der Waals surface area contributed by atoms with Crippen LogP contribution in [-0.4, -0.2) is 47.7 Å². The summed E-state index contributed by atoms with van der Waals surface area (Å²) in [5.41, 5.74) is 0. The van der Waals surface area contributed by atoms with Crippen LogP contribution in [0.1, 0.15) is 105 Å². The third kappa shape index (κ3) is 19.5. The van der Waals surface area contributed by atoms with Gasteiger partial charge in [0.2, 0.25) is 0 Å². The molecule has 0 radical (unpaired) electrons. The van der Waals surface area contributed by atoms with Gasteiger partial charge in [-0.1, -0.05) is 53.4 Å². The highest BCUT2D eigenvalue weighted by atomic mass is 16.4. The van der Waals surface area contributed by atoms with E-state index in [4.69, 9.17) is 5.11 Å². The molecule has 0 aliphatic heterocycles. The van der Waals surface area contributed by atoms with Gasteiger partial charge in [-0.25, -0.2) is 0 Å². The first kappa shape index (κ1) is 28.1. The van der Waals surface area contributed by atoms with Crippen molar-refractivity contribution in [2.45, 2.75) is 105 Å². The summed E-state index contributed by atoms with van der Waals surface area (Å²) in [4.78, 5) is 20.2. The van der Waals surface area contributed by atoms with Gasteiger partial charge in [-0.2, -0.15) is 0 Å². The third-order valence-electron chi connectivity index (χ3n) is 4.81. The second-order valence-corrected chi connectivity index (χ2v) is 7.62. The summed E-state index contributed by atoms with van der Waals surface area (Å²) in [5.74, 6) is -1.74. The number of hydrogen-bond acceptors (Lipinski definition) is 3. The summed E-state index contributed by atoms with van der Waals surface area (Å²) in [5, 5.41) is 18.4. The molecule has 0 rings (SSSR count). The van der Waals surface area contributed by atoms with Crippen LogP contribution in [-0.2, 0) is 9.59 Å². The van der Waals surface area contributed by atoms with Gasteiger partial charge in [-0.3, -0.25) is 4.79 Å². The summed E-state index contributed by atoms with van der Waals surface area (Å²) in [6.45, 7) is 14.8. The molecule has 0 saturated carbocycles. The molecule has 0 amide bonds. The zero-order valence-corrected chi connectivity index (χ0v) is 18.4. The molecule has 0 atom stereocenters. The summed E-state index contributed by atoms with van der Waals surface area (Å²) in [7, 11) is 0. The van der Waals surface area contributed by atoms with Crippen LogP contribution in [0.4, 0.5) is 0 Å². The van der Waals surface area contributed by atoms with E-state index in [9.17, 15) is 14.7 Å². The number of nitrogens with zero attached hydrogens (tertiary/aromatic N) is 1. The molecule has 1 N–H and O–H groups in total. The molecule has 0 aromatic rings. The molecule has 0 unspecified atom stereocenters. The number of aliphatic carboxylic acids is 2. The minimum atomic E-state index is -0.990. The van der Waals surface area contributed by atoms with E-state index in [0.717, 1.165) is 32.1 Å². The number of carboxylic acid groups (broad SMARTS) is 2. The average Bonchev–Trinajstić information content (AvgIpc) is 2.58. The minimum Gasteiger partial charge on any atom is -0.550 e. The Balaban J connectivity index is 0. The quantitative estimate of drug-likeness (QED) is 0.297. The van der Waals surface area contributed by atoms with Gasteiger partial charge in [-0.05, 0) is 44.9 Å². The fourth-order valence-electron chi connectivity index (χ4n) is 3.82. The van der Waals surface area contributed by atoms with Crippen molar-refractivity contribution in [3.63, 3.8) is 0 Å². The van der Waals surface area contributed by atoms with Crippen LogP contribution in [0.2, 0.25) is 0 Å². The standard InChI is InChI=1S/C12H28N.C10H18O4/c1-5-9-13(10-6-2,11-7-3)12-8-4;11-9(12)7-5-3-1-2-4-6-8-10(13)14/h5-12H2,1-4H3;1-8H2,(H,11,12)(H,13,14)/q+1;/p-1. The zero-order valence-electron chi connectivity index (χ0n) is 18.4. The minimum absolute atomic E-state index is 0.134. The number of carboxylic acids is 2. The Kier molecular flexibility index (Phi) is 20.5. The molecule has 0 aromatic heterocycles. The van der Waals surface area contributed by atoms with E-state index in [2.05, 4.69) is 27.7 Å². The van der Waals surface area contributed by atoms with Crippen LogP contribution in [0, 0.1) is 0 Å². The molecule has 0 fully saturated rings. The first-order valence-electron chi connectivity index (χ1n) is 11.1. The summed E-state index contributed by atoms with van der Waals surface area (Å²) >= 11 is 0. The second-order valence-electron chi connectivity index (χ2n) is 7.62. The lowest BCUT2D eigenvalue weighted by Gasteiger charge is -2.38. The van der Waals surface area contributed by atoms with Crippen molar-refractivity contribution in [2.75, 3.05) is 26.2 Å². The predicted octanol–water partition coefficient (Wildman–Crippen LogP) is 4.38. The summed E-state index contributed by atoms with van der Waals surface area (Å²) in [6.07, 6.45) is 10.9. The van der Waals surface area contributed by atoms with E-state index in [0.29, 0.717) is 6.42 Å². The van der Waals surface area contributed by atoms with Crippen LogP contribution < -0.4 is 5.11 Å². The maximum Gasteiger partial charge on any atom is 0.303 e. The molecular formula is C22H45NO4. The van der Waals surface area contributed by atoms with E-state index in [-0.39, 0.29) is 12.8 Å². The van der Waals surface area contributed by atoms with Crippen molar-refractivity contribution in [1.82, 2.24) is 0 Å². The predicted molar refractivity (Wildman–Crippen MR) is 110 cm³/mol. The van der Waals surface area contributed by atoms with Crippen LogP contribution in [0.5, 0.6) is 0 Å². The Morgan fingerprint density at radius 1 is 0.667 bits per heavy atom. The topological polar surface area (TPSA) is 77.4 Å². The Morgan fingerprint density at radius 3 is 1.30 bits per heavy atom. The largest absolute Gasteiger partial charge is 0.550 e. The van der Waals surface area contributed by atoms with E-state index in [1.165, 1.54) is 56.3 Å². The van der Waals surface area contributed by atoms with E-state index >= 15 is 0 Å². The molecule has 0 aromatic carbocycles. The van der Waals surface area contributed by atoms with Crippen molar-refractivity contribution < 1.29 is 24.3 Å². The smallest absolute Gasteiger partial charge is 0.303 e. The molecule has 0 spiro atoms. The van der Waals surface area contributed by atoms with Crippen molar-refractivity contribution in [3.05, 3.63) is 0 Å². The number of unbranched alkanes of at least 4 members (excludes halogenated alkanes) is 5. The molecule has 0 aliphatic carbocycles. The molecule has 0 bridgehead atoms. The fourth-order valence-corrected chi connectivity index (χ4v) is 3.82. The number of quaternary nitrogens is 1. The number of hydrogen-bond donors (Lipinski definition) is 1. The first-order valence-corrected chi connectivity index (χ1v) is 11.1. The third-order valence-corrected chi connectivity index (χ3v) is 4.81. The van der Waals surface area contributed by atoms with E-state index in [1.54, 1.807) is 0 Å². The normalized spacial score (nSPS) is 11.0. The Labute approximate surface area is 167 Å². The number of rotatable bonds is 17. The Hall–Kier alpha value is -1.10. The molecular weight excluding hydrogens is 342 g/mol. The Bertz CT molecular complexity index is 309. The van der Waals surface area contributed by atoms with Gasteiger partial charge in [0.1, 0.15) is 0 Å². The van der Waals surface area contributed by atoms with E-state index in [1.807, 2.05) is 0 Å². The van der Waals surface area contributed by atoms with Crippen molar-refractivity contribution >= 4 is 11.9 Å². The average molecular weight is 388 g/mol. The monoisotopic (exact) mass is 387 g/mol. The number of carbonyl (C=O) groups excluding carboxylic acids is 1. The highest BCUT2D eigenvalue weighted by Crippen LogP contribution is 2.12. The zero-order chi connectivity index (χ0) is 21.0. The van der Waals surface area contributed by atoms with Crippen LogP contribution >= 0.6 is 0 Å². The van der Waals surface area contributed by atoms with Gasteiger partial charge in [0.25, 0.3) is 0 Å². The van der Waals surface area contributed by atoms with Crippen molar-refractivity contribution in [3.8, 4) is 0 Å². The lowest BCUT2D eigenvalue weighted by atomic mass is 10.1. The number of carbonyl (C=O) groups is 2. The maximum absolute atomic E-state index is 10.1. The molecule has 0 aliphatic rings.